The first-order valence-corrected chi connectivity index (χ1v) is 5.45. The van der Waals surface area contributed by atoms with Crippen LogP contribution in [0.3, 0.4) is 0 Å². The van der Waals surface area contributed by atoms with E-state index in [9.17, 15) is 9.90 Å². The molecule has 92 valence electrons. The van der Waals surface area contributed by atoms with Crippen LogP contribution in [-0.4, -0.2) is 29.8 Å². The van der Waals surface area contributed by atoms with Gasteiger partial charge in [-0.3, -0.25) is 0 Å². The first-order valence-electron chi connectivity index (χ1n) is 4.92. The van der Waals surface area contributed by atoms with Gasteiger partial charge in [0.05, 0.1) is 12.8 Å². The van der Waals surface area contributed by atoms with E-state index in [0.717, 1.165) is 0 Å². The molecule has 0 spiro atoms. The lowest BCUT2D eigenvalue weighted by Crippen LogP contribution is -2.00. The minimum atomic E-state index is -0.633. The van der Waals surface area contributed by atoms with Crippen LogP contribution in [0.4, 0.5) is 0 Å². The van der Waals surface area contributed by atoms with Gasteiger partial charge in [-0.1, -0.05) is 5.16 Å². The molecule has 0 saturated heterocycles. The number of nitrogens with zero attached hydrogens (tertiary/aromatic N) is 1. The number of aromatic hydroxyl groups is 1. The number of alkyl halides is 1. The summed E-state index contributed by atoms with van der Waals surface area (Å²) in [6.45, 7) is 2.25. The molecule has 0 bridgehead atoms. The van der Waals surface area contributed by atoms with E-state index in [-0.39, 0.29) is 11.6 Å². The maximum atomic E-state index is 10.7. The van der Waals surface area contributed by atoms with Crippen molar-refractivity contribution in [2.75, 3.05) is 12.5 Å². The minimum Gasteiger partial charge on any atom is -0.504 e. The molecular weight excluding hydrogens is 246 g/mol. The molecule has 0 aliphatic rings. The summed E-state index contributed by atoms with van der Waals surface area (Å²) in [5, 5.41) is 12.9. The Morgan fingerprint density at radius 2 is 2.35 bits per heavy atom. The molecule has 0 radical (unpaired) electrons. The maximum Gasteiger partial charge on any atom is 0.349 e. The van der Waals surface area contributed by atoms with Crippen LogP contribution in [0.25, 0.3) is 0 Å². The third kappa shape index (κ3) is 4.32. The molecular formula is C11H12ClNO4. The zero-order chi connectivity index (χ0) is 12.7. The van der Waals surface area contributed by atoms with E-state index in [1.54, 1.807) is 12.1 Å². The standard InChI is InChI=1S/C11H12ClNO4/c1-2-16-10-5-8(3-4-9(10)14)7-13-17-11(15)6-12/h3-5,7,14H,2,6H2,1H3/b13-7+. The van der Waals surface area contributed by atoms with Crippen molar-refractivity contribution in [2.45, 2.75) is 6.92 Å². The first-order chi connectivity index (χ1) is 8.17. The van der Waals surface area contributed by atoms with Crippen molar-refractivity contribution < 1.29 is 19.5 Å². The molecule has 6 heteroatoms. The Labute approximate surface area is 104 Å². The Balaban J connectivity index is 2.71. The summed E-state index contributed by atoms with van der Waals surface area (Å²) in [6.07, 6.45) is 1.33. The van der Waals surface area contributed by atoms with E-state index in [4.69, 9.17) is 16.3 Å². The van der Waals surface area contributed by atoms with Crippen LogP contribution in [0.5, 0.6) is 11.5 Å². The molecule has 0 amide bonds. The van der Waals surface area contributed by atoms with E-state index in [1.807, 2.05) is 6.92 Å². The third-order valence-electron chi connectivity index (χ3n) is 1.75. The lowest BCUT2D eigenvalue weighted by atomic mass is 10.2. The third-order valence-corrected chi connectivity index (χ3v) is 1.97. The van der Waals surface area contributed by atoms with Crippen molar-refractivity contribution in [3.05, 3.63) is 23.8 Å². The molecule has 1 N–H and O–H groups in total. The summed E-state index contributed by atoms with van der Waals surface area (Å²) >= 11 is 5.22. The highest BCUT2D eigenvalue weighted by Crippen LogP contribution is 2.26. The number of phenols is 1. The summed E-state index contributed by atoms with van der Waals surface area (Å²) in [4.78, 5) is 15.1. The summed E-state index contributed by atoms with van der Waals surface area (Å²) in [7, 11) is 0. The quantitative estimate of drug-likeness (QED) is 0.379. The molecule has 0 atom stereocenters. The first kappa shape index (κ1) is 13.3. The molecule has 0 unspecified atom stereocenters. The van der Waals surface area contributed by atoms with Gasteiger partial charge in [0.15, 0.2) is 11.5 Å². The molecule has 1 aromatic rings. The van der Waals surface area contributed by atoms with E-state index >= 15 is 0 Å². The van der Waals surface area contributed by atoms with Gasteiger partial charge in [-0.15, -0.1) is 11.6 Å². The van der Waals surface area contributed by atoms with Crippen molar-refractivity contribution in [1.29, 1.82) is 0 Å². The number of hydrogen-bond acceptors (Lipinski definition) is 5. The summed E-state index contributed by atoms with van der Waals surface area (Å²) in [5.74, 6) is -0.495. The highest BCUT2D eigenvalue weighted by molar-refractivity contribution is 6.26. The fourth-order valence-corrected chi connectivity index (χ4v) is 1.10. The van der Waals surface area contributed by atoms with Crippen LogP contribution in [0, 0.1) is 0 Å². The second-order valence-electron chi connectivity index (χ2n) is 2.99. The number of carbonyl (C=O) groups excluding carboxylic acids is 1. The average molecular weight is 258 g/mol. The Hall–Kier alpha value is -1.75. The Morgan fingerprint density at radius 1 is 1.59 bits per heavy atom. The van der Waals surface area contributed by atoms with E-state index in [2.05, 4.69) is 9.99 Å². The molecule has 17 heavy (non-hydrogen) atoms. The summed E-state index contributed by atoms with van der Waals surface area (Å²) in [5.41, 5.74) is 0.633. The normalized spacial score (nSPS) is 10.5. The maximum absolute atomic E-state index is 10.7. The number of phenolic OH excluding ortho intramolecular Hbond substituents is 1. The van der Waals surface area contributed by atoms with Gasteiger partial charge in [0, 0.05) is 5.56 Å². The van der Waals surface area contributed by atoms with Gasteiger partial charge < -0.3 is 14.7 Å². The zero-order valence-corrected chi connectivity index (χ0v) is 9.98. The molecule has 0 saturated carbocycles. The van der Waals surface area contributed by atoms with Crippen molar-refractivity contribution in [3.8, 4) is 11.5 Å². The van der Waals surface area contributed by atoms with Crippen LogP contribution in [0.15, 0.2) is 23.4 Å². The average Bonchev–Trinajstić information content (AvgIpc) is 2.33. The van der Waals surface area contributed by atoms with Crippen molar-refractivity contribution in [3.63, 3.8) is 0 Å². The fraction of sp³-hybridized carbons (Fsp3) is 0.273. The Morgan fingerprint density at radius 3 is 3.00 bits per heavy atom. The van der Waals surface area contributed by atoms with Crippen LogP contribution < -0.4 is 4.74 Å². The van der Waals surface area contributed by atoms with Crippen molar-refractivity contribution in [2.24, 2.45) is 5.16 Å². The lowest BCUT2D eigenvalue weighted by Gasteiger charge is -2.05. The second kappa shape index (κ2) is 6.75. The molecule has 0 heterocycles. The molecule has 0 aliphatic carbocycles. The van der Waals surface area contributed by atoms with Crippen molar-refractivity contribution >= 4 is 23.8 Å². The molecule has 0 aromatic heterocycles. The highest BCUT2D eigenvalue weighted by Gasteiger charge is 2.02. The molecule has 0 fully saturated rings. The molecule has 1 rings (SSSR count). The van der Waals surface area contributed by atoms with E-state index in [1.165, 1.54) is 12.3 Å². The largest absolute Gasteiger partial charge is 0.504 e. The number of oxime groups is 1. The highest BCUT2D eigenvalue weighted by atomic mass is 35.5. The van der Waals surface area contributed by atoms with Gasteiger partial charge in [0.25, 0.3) is 0 Å². The number of carbonyl (C=O) groups is 1. The number of ether oxygens (including phenoxy) is 1. The van der Waals surface area contributed by atoms with Gasteiger partial charge in [-0.25, -0.2) is 4.79 Å². The van der Waals surface area contributed by atoms with Gasteiger partial charge in [0.2, 0.25) is 0 Å². The monoisotopic (exact) mass is 257 g/mol. The SMILES string of the molecule is CCOc1cc(/C=N/OC(=O)CCl)ccc1O. The van der Waals surface area contributed by atoms with Gasteiger partial charge in [0.1, 0.15) is 5.88 Å². The molecule has 1 aromatic carbocycles. The van der Waals surface area contributed by atoms with Crippen molar-refractivity contribution in [1.82, 2.24) is 0 Å². The second-order valence-corrected chi connectivity index (χ2v) is 3.26. The minimum absolute atomic E-state index is 0.0433. The number of halogens is 1. The van der Waals surface area contributed by atoms with Gasteiger partial charge in [-0.05, 0) is 25.1 Å². The summed E-state index contributed by atoms with van der Waals surface area (Å²) < 4.78 is 5.19. The summed E-state index contributed by atoms with van der Waals surface area (Å²) in [6, 6.07) is 4.66. The number of rotatable bonds is 5. The number of benzene rings is 1. The Kier molecular flexibility index (Phi) is 5.29. The van der Waals surface area contributed by atoms with Crippen LogP contribution in [-0.2, 0) is 9.63 Å². The van der Waals surface area contributed by atoms with E-state index < -0.39 is 5.97 Å². The topological polar surface area (TPSA) is 68.1 Å². The fourth-order valence-electron chi connectivity index (χ4n) is 1.05. The zero-order valence-electron chi connectivity index (χ0n) is 9.22. The predicted molar refractivity (Wildman–Crippen MR) is 63.7 cm³/mol. The predicted octanol–water partition coefficient (Wildman–Crippen LogP) is 1.91. The number of hydrogen-bond donors (Lipinski definition) is 1. The lowest BCUT2D eigenvalue weighted by molar-refractivity contribution is -0.140. The van der Waals surface area contributed by atoms with Crippen LogP contribution in [0.2, 0.25) is 0 Å². The molecule has 5 nitrogen and oxygen atoms in total. The van der Waals surface area contributed by atoms with Crippen LogP contribution in [0.1, 0.15) is 12.5 Å². The van der Waals surface area contributed by atoms with Gasteiger partial charge in [-0.2, -0.15) is 0 Å². The Bertz CT molecular complexity index is 420. The molecule has 0 aliphatic heterocycles. The smallest absolute Gasteiger partial charge is 0.349 e. The van der Waals surface area contributed by atoms with Gasteiger partial charge >= 0.3 is 5.97 Å². The van der Waals surface area contributed by atoms with Crippen LogP contribution >= 0.6 is 11.6 Å². The van der Waals surface area contributed by atoms with E-state index in [0.29, 0.717) is 17.9 Å².